The Bertz CT molecular complexity index is 892. The number of rotatable bonds is 6. The van der Waals surface area contributed by atoms with E-state index in [0.717, 1.165) is 12.8 Å². The summed E-state index contributed by atoms with van der Waals surface area (Å²) in [6.07, 6.45) is 4.31. The van der Waals surface area contributed by atoms with Crippen LogP contribution >= 0.6 is 0 Å². The topological polar surface area (TPSA) is 100 Å². The molecular formula is C21H25N5O3. The highest BCUT2D eigenvalue weighted by Gasteiger charge is 2.27. The molecule has 2 aromatic rings. The van der Waals surface area contributed by atoms with Crippen molar-refractivity contribution in [2.75, 3.05) is 19.6 Å². The highest BCUT2D eigenvalue weighted by Crippen LogP contribution is 2.19. The molecule has 8 nitrogen and oxygen atoms in total. The maximum Gasteiger partial charge on any atom is 0.263 e. The van der Waals surface area contributed by atoms with E-state index in [1.165, 1.54) is 0 Å². The van der Waals surface area contributed by atoms with Crippen LogP contribution in [0.5, 0.6) is 5.75 Å². The highest BCUT2D eigenvalue weighted by molar-refractivity contribution is 5.93. The molecule has 0 bridgehead atoms. The second-order valence-corrected chi connectivity index (χ2v) is 7.28. The largest absolute Gasteiger partial charge is 0.481 e. The number of hydrogen-bond donors (Lipinski definition) is 1. The molecule has 1 aliphatic heterocycles. The zero-order chi connectivity index (χ0) is 20.8. The Labute approximate surface area is 170 Å². The monoisotopic (exact) mass is 395 g/mol. The molecule has 1 saturated heterocycles. The number of likely N-dealkylation sites (tertiary alicyclic amines) is 1. The molecule has 1 aromatic carbocycles. The van der Waals surface area contributed by atoms with Gasteiger partial charge in [0.05, 0.1) is 23.4 Å². The molecule has 0 saturated carbocycles. The number of piperidine rings is 1. The number of benzene rings is 1. The Balaban J connectivity index is 1.42. The van der Waals surface area contributed by atoms with Crippen molar-refractivity contribution < 1.29 is 14.3 Å². The molecule has 1 atom stereocenters. The van der Waals surface area contributed by atoms with Gasteiger partial charge in [-0.2, -0.15) is 10.4 Å². The second-order valence-electron chi connectivity index (χ2n) is 7.28. The van der Waals surface area contributed by atoms with Gasteiger partial charge in [-0.15, -0.1) is 0 Å². The van der Waals surface area contributed by atoms with Crippen LogP contribution in [0.4, 0.5) is 0 Å². The van der Waals surface area contributed by atoms with Gasteiger partial charge in [0.15, 0.2) is 6.10 Å². The number of carbonyl (C=O) groups excluding carboxylic acids is 2. The van der Waals surface area contributed by atoms with Crippen molar-refractivity contribution in [3.05, 3.63) is 47.8 Å². The van der Waals surface area contributed by atoms with Crippen LogP contribution in [0, 0.1) is 17.2 Å². The van der Waals surface area contributed by atoms with Crippen LogP contribution in [0.15, 0.2) is 36.7 Å². The SMILES string of the molecule is CC(Oc1ccc(C#N)cc1)C(=O)N1CCC(CNC(=O)c2cnn(C)c2)CC1. The summed E-state index contributed by atoms with van der Waals surface area (Å²) in [7, 11) is 1.77. The van der Waals surface area contributed by atoms with E-state index in [2.05, 4.69) is 16.5 Å². The molecule has 0 spiro atoms. The number of nitrogens with zero attached hydrogens (tertiary/aromatic N) is 4. The molecule has 1 unspecified atom stereocenters. The smallest absolute Gasteiger partial charge is 0.263 e. The highest BCUT2D eigenvalue weighted by atomic mass is 16.5. The number of hydrogen-bond acceptors (Lipinski definition) is 5. The van der Waals surface area contributed by atoms with Crippen molar-refractivity contribution in [3.63, 3.8) is 0 Å². The first-order valence-corrected chi connectivity index (χ1v) is 9.68. The van der Waals surface area contributed by atoms with Gasteiger partial charge in [-0.25, -0.2) is 0 Å². The summed E-state index contributed by atoms with van der Waals surface area (Å²) in [4.78, 5) is 26.6. The number of aromatic nitrogens is 2. The minimum absolute atomic E-state index is 0.0489. The van der Waals surface area contributed by atoms with Gasteiger partial charge in [0.25, 0.3) is 11.8 Å². The maximum absolute atomic E-state index is 12.7. The Morgan fingerprint density at radius 1 is 1.31 bits per heavy atom. The fraction of sp³-hybridized carbons (Fsp3) is 0.429. The molecular weight excluding hydrogens is 370 g/mol. The third kappa shape index (κ3) is 5.35. The van der Waals surface area contributed by atoms with Gasteiger partial charge in [0.2, 0.25) is 0 Å². The van der Waals surface area contributed by atoms with E-state index in [1.54, 1.807) is 55.3 Å². The summed E-state index contributed by atoms with van der Waals surface area (Å²) >= 11 is 0. The maximum atomic E-state index is 12.7. The van der Waals surface area contributed by atoms with E-state index < -0.39 is 6.10 Å². The lowest BCUT2D eigenvalue weighted by Crippen LogP contribution is -2.46. The first-order valence-electron chi connectivity index (χ1n) is 9.68. The predicted molar refractivity (Wildman–Crippen MR) is 106 cm³/mol. The summed E-state index contributed by atoms with van der Waals surface area (Å²) in [5.41, 5.74) is 1.10. The fourth-order valence-corrected chi connectivity index (χ4v) is 3.35. The number of amides is 2. The zero-order valence-corrected chi connectivity index (χ0v) is 16.7. The molecule has 152 valence electrons. The predicted octanol–water partition coefficient (Wildman–Crippen LogP) is 1.73. The third-order valence-corrected chi connectivity index (χ3v) is 5.09. The van der Waals surface area contributed by atoms with Crippen LogP contribution < -0.4 is 10.1 Å². The van der Waals surface area contributed by atoms with Crippen LogP contribution in [0.25, 0.3) is 0 Å². The van der Waals surface area contributed by atoms with Gasteiger partial charge in [-0.3, -0.25) is 14.3 Å². The van der Waals surface area contributed by atoms with E-state index in [0.29, 0.717) is 42.4 Å². The molecule has 0 radical (unpaired) electrons. The molecule has 2 heterocycles. The summed E-state index contributed by atoms with van der Waals surface area (Å²) in [5, 5.41) is 15.8. The van der Waals surface area contributed by atoms with Crippen LogP contribution in [-0.4, -0.2) is 52.2 Å². The van der Waals surface area contributed by atoms with E-state index in [1.807, 2.05) is 4.90 Å². The van der Waals surface area contributed by atoms with Gasteiger partial charge in [-0.05, 0) is 49.9 Å². The third-order valence-electron chi connectivity index (χ3n) is 5.09. The number of nitriles is 1. The average molecular weight is 395 g/mol. The average Bonchev–Trinajstić information content (AvgIpc) is 3.19. The Morgan fingerprint density at radius 2 is 2.00 bits per heavy atom. The molecule has 8 heteroatoms. The normalized spacial score (nSPS) is 15.4. The first-order chi connectivity index (χ1) is 14.0. The van der Waals surface area contributed by atoms with Crippen LogP contribution in [-0.2, 0) is 11.8 Å². The standard InChI is InChI=1S/C21H25N5O3/c1-15(29-19-5-3-16(11-22)4-6-19)21(28)26-9-7-17(8-10-26)12-23-20(27)18-13-24-25(2)14-18/h3-6,13-15,17H,7-10,12H2,1-2H3,(H,23,27). The zero-order valence-electron chi connectivity index (χ0n) is 16.7. The summed E-state index contributed by atoms with van der Waals surface area (Å²) < 4.78 is 7.32. The lowest BCUT2D eigenvalue weighted by Gasteiger charge is -2.33. The minimum Gasteiger partial charge on any atom is -0.481 e. The lowest BCUT2D eigenvalue weighted by atomic mass is 9.96. The van der Waals surface area contributed by atoms with Gasteiger partial charge in [0.1, 0.15) is 5.75 Å². The molecule has 1 aromatic heterocycles. The number of ether oxygens (including phenoxy) is 1. The van der Waals surface area contributed by atoms with Crippen LogP contribution in [0.1, 0.15) is 35.7 Å². The molecule has 1 N–H and O–H groups in total. The Kier molecular flexibility index (Phi) is 6.50. The number of aryl methyl sites for hydroxylation is 1. The quantitative estimate of drug-likeness (QED) is 0.803. The van der Waals surface area contributed by atoms with Crippen molar-refractivity contribution in [2.45, 2.75) is 25.9 Å². The van der Waals surface area contributed by atoms with Crippen molar-refractivity contribution in [1.82, 2.24) is 20.0 Å². The van der Waals surface area contributed by atoms with Gasteiger partial charge < -0.3 is 15.0 Å². The van der Waals surface area contributed by atoms with Crippen molar-refractivity contribution in [3.8, 4) is 11.8 Å². The van der Waals surface area contributed by atoms with E-state index >= 15 is 0 Å². The molecule has 2 amide bonds. The molecule has 0 aliphatic carbocycles. The summed E-state index contributed by atoms with van der Waals surface area (Å²) in [6.45, 7) is 3.62. The van der Waals surface area contributed by atoms with Crippen LogP contribution in [0.2, 0.25) is 0 Å². The summed E-state index contributed by atoms with van der Waals surface area (Å²) in [6, 6.07) is 8.77. The molecule has 1 fully saturated rings. The van der Waals surface area contributed by atoms with Crippen molar-refractivity contribution >= 4 is 11.8 Å². The van der Waals surface area contributed by atoms with E-state index in [-0.39, 0.29) is 11.8 Å². The van der Waals surface area contributed by atoms with Crippen molar-refractivity contribution in [2.24, 2.45) is 13.0 Å². The molecule has 1 aliphatic rings. The number of carbonyl (C=O) groups is 2. The van der Waals surface area contributed by atoms with E-state index in [9.17, 15) is 9.59 Å². The molecule has 29 heavy (non-hydrogen) atoms. The molecule has 3 rings (SSSR count). The Hall–Kier alpha value is -3.34. The summed E-state index contributed by atoms with van der Waals surface area (Å²) in [5.74, 6) is 0.737. The lowest BCUT2D eigenvalue weighted by molar-refractivity contribution is -0.139. The van der Waals surface area contributed by atoms with Gasteiger partial charge in [0, 0.05) is 32.9 Å². The van der Waals surface area contributed by atoms with Crippen LogP contribution in [0.3, 0.4) is 0 Å². The van der Waals surface area contributed by atoms with Crippen molar-refractivity contribution in [1.29, 1.82) is 5.26 Å². The second kappa shape index (κ2) is 9.24. The van der Waals surface area contributed by atoms with E-state index in [4.69, 9.17) is 10.00 Å². The van der Waals surface area contributed by atoms with Gasteiger partial charge in [-0.1, -0.05) is 0 Å². The Morgan fingerprint density at radius 3 is 2.59 bits per heavy atom. The fourth-order valence-electron chi connectivity index (χ4n) is 3.35. The van der Waals surface area contributed by atoms with Gasteiger partial charge >= 0.3 is 0 Å². The first kappa shape index (κ1) is 20.4. The minimum atomic E-state index is -0.593. The number of nitrogens with one attached hydrogen (secondary N) is 1.